The van der Waals surface area contributed by atoms with Crippen LogP contribution in [0, 0.1) is 0 Å². The Kier molecular flexibility index (Phi) is 6.27. The predicted octanol–water partition coefficient (Wildman–Crippen LogP) is 9.21. The third-order valence-corrected chi connectivity index (χ3v) is 10.3. The first-order valence-electron chi connectivity index (χ1n) is 16.5. The van der Waals surface area contributed by atoms with Crippen LogP contribution in [0.4, 0.5) is 0 Å². The van der Waals surface area contributed by atoms with E-state index in [2.05, 4.69) is 158 Å². The molecule has 9 aromatic rings. The van der Waals surface area contributed by atoms with Gasteiger partial charge >= 0.3 is 17.1 Å². The van der Waals surface area contributed by atoms with E-state index in [9.17, 15) is 0 Å². The molecule has 49 heavy (non-hydrogen) atoms. The standard InChI is InChI=1S/C42H32N6.Cu/c1-41(2)37-29-21-13-11-19-27(29)33(43-37)34-28-20-12-14-22-30(28)38(44-34)42(3,4)40-46-36-32(48(40)26-17-9-6-10-18-26)24-23-31-35(36)45-39(41)47(31)25-15-7-5-8-16-25;/h5-24H,1-4H3;/q-2;+2. The van der Waals surface area contributed by atoms with Crippen LogP contribution in [0.25, 0.3) is 66.4 Å². The molecule has 0 unspecified atom stereocenters. The van der Waals surface area contributed by atoms with Crippen molar-refractivity contribution in [1.82, 2.24) is 29.1 Å². The van der Waals surface area contributed by atoms with Gasteiger partial charge in [-0.05, 0) is 57.9 Å². The Morgan fingerprint density at radius 3 is 1.18 bits per heavy atom. The van der Waals surface area contributed by atoms with Gasteiger partial charge in [-0.2, -0.15) is 0 Å². The van der Waals surface area contributed by atoms with Crippen molar-refractivity contribution in [3.63, 3.8) is 0 Å². The minimum absolute atomic E-state index is 0. The topological polar surface area (TPSA) is 63.8 Å². The summed E-state index contributed by atoms with van der Waals surface area (Å²) in [7, 11) is 0. The number of aromatic nitrogens is 6. The molecule has 5 heterocycles. The van der Waals surface area contributed by atoms with Gasteiger partial charge in [-0.1, -0.05) is 113 Å². The summed E-state index contributed by atoms with van der Waals surface area (Å²) in [6.45, 7) is 8.98. The van der Waals surface area contributed by atoms with Gasteiger partial charge < -0.3 is 9.97 Å². The van der Waals surface area contributed by atoms with Gasteiger partial charge in [0, 0.05) is 22.2 Å². The van der Waals surface area contributed by atoms with E-state index in [1.54, 1.807) is 0 Å². The normalized spacial score (nSPS) is 14.7. The maximum Gasteiger partial charge on any atom is 2.00 e. The second-order valence-corrected chi connectivity index (χ2v) is 14.0. The first kappa shape index (κ1) is 29.8. The summed E-state index contributed by atoms with van der Waals surface area (Å²) in [6.07, 6.45) is 0. The molecule has 4 aromatic heterocycles. The maximum atomic E-state index is 5.56. The molecular formula is C42H32CuN6. The average molecular weight is 684 g/mol. The second kappa shape index (κ2) is 10.3. The number of hydrogen-bond donors (Lipinski definition) is 0. The number of hydrogen-bond acceptors (Lipinski definition) is 2. The second-order valence-electron chi connectivity index (χ2n) is 14.0. The minimum Gasteiger partial charge on any atom is -0.660 e. The molecule has 0 N–H and O–H groups in total. The van der Waals surface area contributed by atoms with Crippen molar-refractivity contribution >= 4 is 43.6 Å². The zero-order chi connectivity index (χ0) is 32.4. The van der Waals surface area contributed by atoms with Crippen molar-refractivity contribution in [1.29, 1.82) is 0 Å². The molecule has 0 saturated heterocycles. The Bertz CT molecular complexity index is 2530. The van der Waals surface area contributed by atoms with Crippen LogP contribution in [-0.4, -0.2) is 19.1 Å². The molecule has 7 heteroatoms. The Hall–Kier alpha value is -5.36. The molecule has 1 radical (unpaired) electrons. The SMILES string of the molecule is CC1(C)c2[n-]c(c3ccccc23)-c2[n-]c(c3ccccc23)C(C)(C)c2nc3c4nc1n(-c1ccccc1)c4ccc3n2-c1ccccc1.[Cu+2]. The Balaban J connectivity index is 0.00000325. The number of fused-ring (bicyclic) bond motifs is 13. The molecule has 0 amide bonds. The van der Waals surface area contributed by atoms with E-state index in [-0.39, 0.29) is 17.1 Å². The zero-order valence-corrected chi connectivity index (χ0v) is 28.5. The van der Waals surface area contributed by atoms with Crippen LogP contribution < -0.4 is 9.97 Å². The molecule has 8 bridgehead atoms. The van der Waals surface area contributed by atoms with Crippen LogP contribution in [0.3, 0.4) is 0 Å². The van der Waals surface area contributed by atoms with Gasteiger partial charge in [-0.25, -0.2) is 9.97 Å². The molecule has 0 aliphatic carbocycles. The molecule has 1 aliphatic heterocycles. The van der Waals surface area contributed by atoms with Crippen LogP contribution >= 0.6 is 0 Å². The molecular weight excluding hydrogens is 652 g/mol. The smallest absolute Gasteiger partial charge is 0.660 e. The van der Waals surface area contributed by atoms with Crippen molar-refractivity contribution in [2.45, 2.75) is 38.5 Å². The molecule has 1 aliphatic rings. The van der Waals surface area contributed by atoms with E-state index < -0.39 is 10.8 Å². The van der Waals surface area contributed by atoms with E-state index >= 15 is 0 Å². The van der Waals surface area contributed by atoms with Gasteiger partial charge in [0.15, 0.2) is 0 Å². The largest absolute Gasteiger partial charge is 2.00 e. The van der Waals surface area contributed by atoms with Gasteiger partial charge in [-0.3, -0.25) is 9.13 Å². The molecule has 0 fully saturated rings. The molecule has 5 aromatic carbocycles. The summed E-state index contributed by atoms with van der Waals surface area (Å²) < 4.78 is 4.61. The third-order valence-electron chi connectivity index (χ3n) is 10.3. The first-order chi connectivity index (χ1) is 23.3. The van der Waals surface area contributed by atoms with Crippen molar-refractivity contribution in [2.75, 3.05) is 0 Å². The van der Waals surface area contributed by atoms with Crippen LogP contribution in [0.2, 0.25) is 0 Å². The van der Waals surface area contributed by atoms with Crippen molar-refractivity contribution in [3.8, 4) is 22.8 Å². The number of imidazole rings is 2. The molecule has 0 saturated carbocycles. The van der Waals surface area contributed by atoms with E-state index in [0.29, 0.717) is 0 Å². The molecule has 241 valence electrons. The number of para-hydroxylation sites is 2. The summed E-state index contributed by atoms with van der Waals surface area (Å²) in [5, 5.41) is 4.43. The van der Waals surface area contributed by atoms with Crippen molar-refractivity contribution < 1.29 is 17.1 Å². The van der Waals surface area contributed by atoms with Gasteiger partial charge in [0.1, 0.15) is 22.7 Å². The summed E-state index contributed by atoms with van der Waals surface area (Å²) in [4.78, 5) is 22.2. The Labute approximate surface area is 294 Å². The summed E-state index contributed by atoms with van der Waals surface area (Å²) in [6, 6.07) is 42.6. The van der Waals surface area contributed by atoms with E-state index in [1.807, 2.05) is 0 Å². The van der Waals surface area contributed by atoms with Crippen LogP contribution in [0.5, 0.6) is 0 Å². The molecule has 10 rings (SSSR count). The summed E-state index contributed by atoms with van der Waals surface area (Å²) in [5.74, 6) is 1.83. The summed E-state index contributed by atoms with van der Waals surface area (Å²) in [5.41, 5.74) is 8.50. The van der Waals surface area contributed by atoms with Gasteiger partial charge in [-0.15, -0.1) is 22.8 Å². The fourth-order valence-electron chi connectivity index (χ4n) is 7.98. The molecule has 0 atom stereocenters. The fourth-order valence-corrected chi connectivity index (χ4v) is 7.98. The van der Waals surface area contributed by atoms with Gasteiger partial charge in [0.25, 0.3) is 0 Å². The zero-order valence-electron chi connectivity index (χ0n) is 27.5. The predicted molar refractivity (Wildman–Crippen MR) is 193 cm³/mol. The van der Waals surface area contributed by atoms with Crippen LogP contribution in [0.15, 0.2) is 121 Å². The molecule has 0 spiro atoms. The quantitative estimate of drug-likeness (QED) is 0.171. The Morgan fingerprint density at radius 2 is 0.796 bits per heavy atom. The van der Waals surface area contributed by atoms with Crippen molar-refractivity contribution in [3.05, 3.63) is 144 Å². The van der Waals surface area contributed by atoms with Gasteiger partial charge in [0.2, 0.25) is 0 Å². The maximum absolute atomic E-state index is 5.56. The minimum atomic E-state index is -0.585. The van der Waals surface area contributed by atoms with Gasteiger partial charge in [0.05, 0.1) is 11.0 Å². The average Bonchev–Trinajstić information content (AvgIpc) is 3.89. The number of benzene rings is 5. The molecule has 6 nitrogen and oxygen atoms in total. The van der Waals surface area contributed by atoms with E-state index in [4.69, 9.17) is 19.9 Å². The number of rotatable bonds is 2. The fraction of sp³-hybridized carbons (Fsp3) is 0.143. The van der Waals surface area contributed by atoms with E-state index in [0.717, 1.165) is 89.4 Å². The monoisotopic (exact) mass is 683 g/mol. The van der Waals surface area contributed by atoms with Crippen molar-refractivity contribution in [2.24, 2.45) is 0 Å². The third kappa shape index (κ3) is 3.94. The summed E-state index contributed by atoms with van der Waals surface area (Å²) >= 11 is 0. The van der Waals surface area contributed by atoms with Crippen LogP contribution in [0.1, 0.15) is 50.7 Å². The first-order valence-corrected chi connectivity index (χ1v) is 16.5. The Morgan fingerprint density at radius 1 is 0.449 bits per heavy atom. The number of nitrogens with zero attached hydrogens (tertiary/aromatic N) is 6. The van der Waals surface area contributed by atoms with E-state index in [1.165, 1.54) is 0 Å². The van der Waals surface area contributed by atoms with Crippen LogP contribution in [-0.2, 0) is 27.9 Å².